The predicted octanol–water partition coefficient (Wildman–Crippen LogP) is 6.37. The summed E-state index contributed by atoms with van der Waals surface area (Å²) in [6.07, 6.45) is 3.74. The maximum absolute atomic E-state index is 12.7. The molecular weight excluding hydrogens is 334 g/mol. The van der Waals surface area contributed by atoms with Crippen molar-refractivity contribution in [1.82, 2.24) is 0 Å². The molecule has 0 bridgehead atoms. The van der Waals surface area contributed by atoms with Crippen LogP contribution in [0.3, 0.4) is 0 Å². The highest BCUT2D eigenvalue weighted by atomic mass is 16.6. The Bertz CT molecular complexity index is 764. The molecule has 1 amide bonds. The lowest BCUT2D eigenvalue weighted by atomic mass is 10.1. The van der Waals surface area contributed by atoms with Gasteiger partial charge in [0.05, 0.1) is 18.0 Å². The van der Waals surface area contributed by atoms with Crippen LogP contribution in [0.25, 0.3) is 0 Å². The minimum Gasteiger partial charge on any atom is -0.449 e. The zero-order valence-corrected chi connectivity index (χ0v) is 15.5. The van der Waals surface area contributed by atoms with Gasteiger partial charge in [-0.15, -0.1) is 0 Å². The standard InChI is InChI=1S/C24H25NO2/c26-24(27-20-12-4-7-15-21-13-5-1-6-14-21)25(22-16-8-2-9-17-22)23-18-10-3-11-19-23/h1-3,5-6,8-11,13-14,16-19H,4,7,12,15,20H2. The molecule has 3 heteroatoms. The third-order valence-electron chi connectivity index (χ3n) is 4.39. The molecule has 0 aliphatic rings. The van der Waals surface area contributed by atoms with Crippen LogP contribution < -0.4 is 4.90 Å². The number of hydrogen-bond acceptors (Lipinski definition) is 2. The average molecular weight is 359 g/mol. The van der Waals surface area contributed by atoms with Gasteiger partial charge in [-0.1, -0.05) is 66.7 Å². The molecule has 0 spiro atoms. The summed E-state index contributed by atoms with van der Waals surface area (Å²) in [6.45, 7) is 0.434. The smallest absolute Gasteiger partial charge is 0.418 e. The van der Waals surface area contributed by atoms with Gasteiger partial charge in [0, 0.05) is 0 Å². The summed E-state index contributed by atoms with van der Waals surface area (Å²) in [5.74, 6) is 0. The van der Waals surface area contributed by atoms with Gasteiger partial charge < -0.3 is 4.74 Å². The number of amides is 1. The maximum atomic E-state index is 12.7. The molecule has 27 heavy (non-hydrogen) atoms. The van der Waals surface area contributed by atoms with Gasteiger partial charge in [-0.05, 0) is 55.5 Å². The number of carbonyl (C=O) groups is 1. The number of nitrogens with zero attached hydrogens (tertiary/aromatic N) is 1. The third-order valence-corrected chi connectivity index (χ3v) is 4.39. The van der Waals surface area contributed by atoms with E-state index in [2.05, 4.69) is 24.3 Å². The van der Waals surface area contributed by atoms with Gasteiger partial charge in [-0.2, -0.15) is 0 Å². The van der Waals surface area contributed by atoms with Crippen LogP contribution in [0.2, 0.25) is 0 Å². The zero-order valence-electron chi connectivity index (χ0n) is 15.5. The average Bonchev–Trinajstić information content (AvgIpc) is 2.73. The molecule has 0 aromatic heterocycles. The van der Waals surface area contributed by atoms with E-state index < -0.39 is 0 Å². The number of carbonyl (C=O) groups excluding carboxylic acids is 1. The molecule has 0 heterocycles. The first-order valence-electron chi connectivity index (χ1n) is 9.45. The van der Waals surface area contributed by atoms with E-state index >= 15 is 0 Å². The Balaban J connectivity index is 1.50. The molecule has 3 rings (SSSR count). The fourth-order valence-corrected chi connectivity index (χ4v) is 2.99. The Hall–Kier alpha value is -3.07. The fourth-order valence-electron chi connectivity index (χ4n) is 2.99. The molecule has 0 saturated heterocycles. The van der Waals surface area contributed by atoms with Crippen molar-refractivity contribution in [3.05, 3.63) is 96.6 Å². The molecular formula is C24H25NO2. The molecule has 3 aromatic rings. The second kappa shape index (κ2) is 10.2. The molecule has 0 unspecified atom stereocenters. The lowest BCUT2D eigenvalue weighted by Crippen LogP contribution is -2.27. The van der Waals surface area contributed by atoms with E-state index in [0.29, 0.717) is 6.61 Å². The van der Waals surface area contributed by atoms with Crippen molar-refractivity contribution in [3.63, 3.8) is 0 Å². The molecule has 0 atom stereocenters. The number of hydrogen-bond donors (Lipinski definition) is 0. The summed E-state index contributed by atoms with van der Waals surface area (Å²) in [5, 5.41) is 0. The summed E-state index contributed by atoms with van der Waals surface area (Å²) in [7, 11) is 0. The summed E-state index contributed by atoms with van der Waals surface area (Å²) in [5.41, 5.74) is 2.96. The fraction of sp³-hybridized carbons (Fsp3) is 0.208. The third kappa shape index (κ3) is 5.71. The molecule has 3 nitrogen and oxygen atoms in total. The van der Waals surface area contributed by atoms with Crippen molar-refractivity contribution in [3.8, 4) is 0 Å². The first-order chi connectivity index (χ1) is 13.3. The van der Waals surface area contributed by atoms with Crippen LogP contribution in [0.5, 0.6) is 0 Å². The van der Waals surface area contributed by atoms with E-state index in [1.807, 2.05) is 66.7 Å². The van der Waals surface area contributed by atoms with Gasteiger partial charge in [0.25, 0.3) is 0 Å². The highest BCUT2D eigenvalue weighted by molar-refractivity contribution is 5.95. The van der Waals surface area contributed by atoms with E-state index in [-0.39, 0.29) is 6.09 Å². The van der Waals surface area contributed by atoms with E-state index in [4.69, 9.17) is 4.74 Å². The Kier molecular flexibility index (Phi) is 7.05. The SMILES string of the molecule is O=C(OCCCCCc1ccccc1)N(c1ccccc1)c1ccccc1. The van der Waals surface area contributed by atoms with Gasteiger partial charge >= 0.3 is 6.09 Å². The highest BCUT2D eigenvalue weighted by Crippen LogP contribution is 2.25. The Labute approximate surface area is 161 Å². The van der Waals surface area contributed by atoms with Gasteiger partial charge in [-0.3, -0.25) is 0 Å². The van der Waals surface area contributed by atoms with Crippen molar-refractivity contribution < 1.29 is 9.53 Å². The Morgan fingerprint density at radius 2 is 1.19 bits per heavy atom. The number of ether oxygens (including phenoxy) is 1. The van der Waals surface area contributed by atoms with Crippen molar-refractivity contribution in [2.75, 3.05) is 11.5 Å². The van der Waals surface area contributed by atoms with Gasteiger partial charge in [0.15, 0.2) is 0 Å². The minimum atomic E-state index is -0.338. The lowest BCUT2D eigenvalue weighted by molar-refractivity contribution is 0.154. The van der Waals surface area contributed by atoms with E-state index in [9.17, 15) is 4.79 Å². The quantitative estimate of drug-likeness (QED) is 0.437. The number of para-hydroxylation sites is 2. The largest absolute Gasteiger partial charge is 0.449 e. The van der Waals surface area contributed by atoms with Gasteiger partial charge in [-0.25, -0.2) is 9.69 Å². The topological polar surface area (TPSA) is 29.5 Å². The Morgan fingerprint density at radius 1 is 0.667 bits per heavy atom. The van der Waals surface area contributed by atoms with Crippen molar-refractivity contribution >= 4 is 17.5 Å². The summed E-state index contributed by atoms with van der Waals surface area (Å²) in [4.78, 5) is 14.3. The Morgan fingerprint density at radius 3 is 1.74 bits per heavy atom. The maximum Gasteiger partial charge on any atom is 0.418 e. The molecule has 0 saturated carbocycles. The van der Waals surface area contributed by atoms with Crippen LogP contribution in [0.15, 0.2) is 91.0 Å². The molecule has 0 aliphatic heterocycles. The number of aryl methyl sites for hydroxylation is 1. The summed E-state index contributed by atoms with van der Waals surface area (Å²) < 4.78 is 5.55. The highest BCUT2D eigenvalue weighted by Gasteiger charge is 2.18. The minimum absolute atomic E-state index is 0.338. The van der Waals surface area contributed by atoms with E-state index in [0.717, 1.165) is 37.1 Å². The molecule has 0 radical (unpaired) electrons. The first-order valence-corrected chi connectivity index (χ1v) is 9.45. The van der Waals surface area contributed by atoms with Crippen LogP contribution in [0, 0.1) is 0 Å². The lowest BCUT2D eigenvalue weighted by Gasteiger charge is -2.22. The second-order valence-electron chi connectivity index (χ2n) is 6.42. The molecule has 138 valence electrons. The number of anilines is 2. The molecule has 0 fully saturated rings. The summed E-state index contributed by atoms with van der Waals surface area (Å²) >= 11 is 0. The van der Waals surface area contributed by atoms with Gasteiger partial charge in [0.1, 0.15) is 0 Å². The number of rotatable bonds is 8. The molecule has 0 aliphatic carbocycles. The predicted molar refractivity (Wildman–Crippen MR) is 110 cm³/mol. The van der Waals surface area contributed by atoms with Crippen LogP contribution in [-0.2, 0) is 11.2 Å². The van der Waals surface area contributed by atoms with E-state index in [1.165, 1.54) is 5.56 Å². The molecule has 0 N–H and O–H groups in total. The number of unbranched alkanes of at least 4 members (excludes halogenated alkanes) is 2. The summed E-state index contributed by atoms with van der Waals surface area (Å²) in [6, 6.07) is 29.7. The monoisotopic (exact) mass is 359 g/mol. The van der Waals surface area contributed by atoms with Crippen molar-refractivity contribution in [2.45, 2.75) is 25.7 Å². The van der Waals surface area contributed by atoms with Gasteiger partial charge in [0.2, 0.25) is 0 Å². The second-order valence-corrected chi connectivity index (χ2v) is 6.42. The van der Waals surface area contributed by atoms with Crippen LogP contribution in [0.4, 0.5) is 16.2 Å². The zero-order chi connectivity index (χ0) is 18.7. The van der Waals surface area contributed by atoms with E-state index in [1.54, 1.807) is 4.90 Å². The molecule has 3 aromatic carbocycles. The normalized spacial score (nSPS) is 10.4. The van der Waals surface area contributed by atoms with Crippen LogP contribution in [0.1, 0.15) is 24.8 Å². The van der Waals surface area contributed by atoms with Crippen LogP contribution in [-0.4, -0.2) is 12.7 Å². The van der Waals surface area contributed by atoms with Crippen LogP contribution >= 0.6 is 0 Å². The number of benzene rings is 3. The first kappa shape index (κ1) is 18.7. The van der Waals surface area contributed by atoms with Crippen molar-refractivity contribution in [1.29, 1.82) is 0 Å². The van der Waals surface area contributed by atoms with Crippen molar-refractivity contribution in [2.24, 2.45) is 0 Å².